The van der Waals surface area contributed by atoms with Crippen LogP contribution in [0.5, 0.6) is 5.75 Å². The van der Waals surface area contributed by atoms with Gasteiger partial charge in [0.2, 0.25) is 0 Å². The average Bonchev–Trinajstić information content (AvgIpc) is 2.84. The molecule has 3 amide bonds. The molecule has 1 aromatic heterocycles. The fraction of sp³-hybridized carbons (Fsp3) is 0.320. The molecule has 0 atom stereocenters. The van der Waals surface area contributed by atoms with E-state index < -0.39 is 23.5 Å². The average molecular weight is 538 g/mol. The second kappa shape index (κ2) is 12.1. The fourth-order valence-electron chi connectivity index (χ4n) is 3.43. The van der Waals surface area contributed by atoms with Crippen molar-refractivity contribution in [3.63, 3.8) is 0 Å². The standard InChI is InChI=1S/C25H27ClF3N5O3/c1-30-23(35)20-13-16-5-4-15(12-17(16)14-32-20)8-9-31-24(36)33-19-7-6-18(25(27,28)29)22(21(19)26)37-11-10-34(2)3/h4-7,12-14H,8-11H2,1-3H3,(H,30,35)(H2,31,33,36). The van der Waals surface area contributed by atoms with Crippen LogP contribution in [0.25, 0.3) is 10.8 Å². The number of anilines is 1. The van der Waals surface area contributed by atoms with Crippen molar-refractivity contribution in [1.29, 1.82) is 0 Å². The van der Waals surface area contributed by atoms with E-state index in [0.717, 1.165) is 28.5 Å². The lowest BCUT2D eigenvalue weighted by Crippen LogP contribution is -2.30. The Hall–Kier alpha value is -3.57. The maximum absolute atomic E-state index is 13.4. The summed E-state index contributed by atoms with van der Waals surface area (Å²) in [6, 6.07) is 8.62. The van der Waals surface area contributed by atoms with Crippen LogP contribution in [0.1, 0.15) is 21.6 Å². The van der Waals surface area contributed by atoms with Crippen molar-refractivity contribution in [2.75, 3.05) is 46.2 Å². The lowest BCUT2D eigenvalue weighted by molar-refractivity contribution is -0.138. The normalized spacial score (nSPS) is 11.5. The molecule has 0 aliphatic rings. The third kappa shape index (κ3) is 7.46. The van der Waals surface area contributed by atoms with Gasteiger partial charge in [-0.1, -0.05) is 23.7 Å². The monoisotopic (exact) mass is 537 g/mol. The molecule has 37 heavy (non-hydrogen) atoms. The Morgan fingerprint density at radius 2 is 1.86 bits per heavy atom. The number of benzene rings is 2. The van der Waals surface area contributed by atoms with Crippen molar-refractivity contribution in [1.82, 2.24) is 20.5 Å². The number of carbonyl (C=O) groups excluding carboxylic acids is 2. The van der Waals surface area contributed by atoms with Crippen LogP contribution >= 0.6 is 11.6 Å². The van der Waals surface area contributed by atoms with E-state index in [0.29, 0.717) is 18.7 Å². The third-order valence-electron chi connectivity index (χ3n) is 5.38. The highest BCUT2D eigenvalue weighted by atomic mass is 35.5. The topological polar surface area (TPSA) is 95.6 Å². The molecule has 3 rings (SSSR count). The van der Waals surface area contributed by atoms with Gasteiger partial charge in [0.1, 0.15) is 17.3 Å². The minimum Gasteiger partial charge on any atom is -0.490 e. The van der Waals surface area contributed by atoms with Crippen molar-refractivity contribution < 1.29 is 27.5 Å². The molecular formula is C25H27ClF3N5O3. The Labute approximate surface area is 217 Å². The van der Waals surface area contributed by atoms with E-state index in [1.165, 1.54) is 7.05 Å². The number of hydrogen-bond acceptors (Lipinski definition) is 5. The number of nitrogens with zero attached hydrogens (tertiary/aromatic N) is 2. The van der Waals surface area contributed by atoms with Crippen molar-refractivity contribution in [3.8, 4) is 5.75 Å². The highest BCUT2D eigenvalue weighted by molar-refractivity contribution is 6.35. The lowest BCUT2D eigenvalue weighted by Gasteiger charge is -2.19. The summed E-state index contributed by atoms with van der Waals surface area (Å²) in [6.07, 6.45) is -2.58. The van der Waals surface area contributed by atoms with E-state index in [4.69, 9.17) is 16.3 Å². The van der Waals surface area contributed by atoms with Gasteiger partial charge in [0.05, 0.1) is 11.3 Å². The number of urea groups is 1. The molecule has 198 valence electrons. The van der Waals surface area contributed by atoms with E-state index in [1.54, 1.807) is 31.3 Å². The van der Waals surface area contributed by atoms with Gasteiger partial charge in [0, 0.05) is 31.7 Å². The van der Waals surface area contributed by atoms with Gasteiger partial charge in [0.25, 0.3) is 5.91 Å². The molecule has 12 heteroatoms. The van der Waals surface area contributed by atoms with E-state index in [1.807, 2.05) is 18.2 Å². The van der Waals surface area contributed by atoms with Crippen LogP contribution in [-0.2, 0) is 12.6 Å². The molecule has 0 aliphatic heterocycles. The fourth-order valence-corrected chi connectivity index (χ4v) is 3.70. The molecule has 0 radical (unpaired) electrons. The minimum absolute atomic E-state index is 0.00396. The van der Waals surface area contributed by atoms with Gasteiger partial charge in [0.15, 0.2) is 5.75 Å². The Kier molecular flexibility index (Phi) is 9.17. The summed E-state index contributed by atoms with van der Waals surface area (Å²) < 4.78 is 45.6. The first-order chi connectivity index (χ1) is 17.5. The molecule has 8 nitrogen and oxygen atoms in total. The summed E-state index contributed by atoms with van der Waals surface area (Å²) in [5.41, 5.74) is 0.215. The van der Waals surface area contributed by atoms with Gasteiger partial charge in [-0.25, -0.2) is 4.79 Å². The summed E-state index contributed by atoms with van der Waals surface area (Å²) in [5, 5.41) is 9.03. The van der Waals surface area contributed by atoms with Crippen LogP contribution in [0.4, 0.5) is 23.7 Å². The molecule has 0 saturated carbocycles. The highest BCUT2D eigenvalue weighted by Gasteiger charge is 2.36. The number of pyridine rings is 1. The predicted octanol–water partition coefficient (Wildman–Crippen LogP) is 4.57. The van der Waals surface area contributed by atoms with Crippen molar-refractivity contribution in [3.05, 3.63) is 64.4 Å². The second-order valence-electron chi connectivity index (χ2n) is 8.41. The largest absolute Gasteiger partial charge is 0.490 e. The number of likely N-dealkylation sites (N-methyl/N-ethyl adjacent to an activating group) is 1. The first kappa shape index (κ1) is 28.0. The zero-order valence-corrected chi connectivity index (χ0v) is 21.3. The highest BCUT2D eigenvalue weighted by Crippen LogP contribution is 2.43. The minimum atomic E-state index is -4.67. The van der Waals surface area contributed by atoms with Crippen molar-refractivity contribution in [2.45, 2.75) is 12.6 Å². The number of nitrogens with one attached hydrogen (secondary N) is 3. The zero-order valence-electron chi connectivity index (χ0n) is 20.5. The van der Waals surface area contributed by atoms with Gasteiger partial charge >= 0.3 is 12.2 Å². The van der Waals surface area contributed by atoms with Crippen LogP contribution in [0.15, 0.2) is 42.6 Å². The Morgan fingerprint density at radius 1 is 1.11 bits per heavy atom. The molecule has 3 N–H and O–H groups in total. The number of amides is 3. The van der Waals surface area contributed by atoms with E-state index >= 15 is 0 Å². The number of carbonyl (C=O) groups is 2. The summed E-state index contributed by atoms with van der Waals surface area (Å²) in [5.74, 6) is -0.806. The van der Waals surface area contributed by atoms with E-state index in [9.17, 15) is 22.8 Å². The molecule has 1 heterocycles. The molecule has 0 bridgehead atoms. The number of halogens is 4. The quantitative estimate of drug-likeness (QED) is 0.372. The molecule has 0 aliphatic carbocycles. The molecule has 0 fully saturated rings. The molecule has 0 saturated heterocycles. The second-order valence-corrected chi connectivity index (χ2v) is 8.79. The van der Waals surface area contributed by atoms with Gasteiger partial charge in [-0.15, -0.1) is 0 Å². The SMILES string of the molecule is CNC(=O)c1cc2ccc(CCNC(=O)Nc3ccc(C(F)(F)F)c(OCCN(C)C)c3Cl)cc2cn1. The van der Waals surface area contributed by atoms with Crippen LogP contribution in [0.2, 0.25) is 5.02 Å². The van der Waals surface area contributed by atoms with Gasteiger partial charge < -0.3 is 25.6 Å². The lowest BCUT2D eigenvalue weighted by atomic mass is 10.1. The van der Waals surface area contributed by atoms with Gasteiger partial charge in [-0.2, -0.15) is 13.2 Å². The molecule has 0 spiro atoms. The van der Waals surface area contributed by atoms with Crippen molar-refractivity contribution in [2.24, 2.45) is 0 Å². The number of alkyl halides is 3. The summed E-state index contributed by atoms with van der Waals surface area (Å²) in [6.45, 7) is 0.622. The maximum Gasteiger partial charge on any atom is 0.420 e. The summed E-state index contributed by atoms with van der Waals surface area (Å²) >= 11 is 6.19. The van der Waals surface area contributed by atoms with Crippen LogP contribution in [0.3, 0.4) is 0 Å². The first-order valence-corrected chi connectivity index (χ1v) is 11.7. The first-order valence-electron chi connectivity index (χ1n) is 11.3. The maximum atomic E-state index is 13.4. The molecule has 2 aromatic carbocycles. The summed E-state index contributed by atoms with van der Waals surface area (Å²) in [7, 11) is 5.05. The van der Waals surface area contributed by atoms with Crippen LogP contribution in [-0.4, -0.2) is 62.7 Å². The molecule has 0 unspecified atom stereocenters. The Bertz CT molecular complexity index is 1280. The third-order valence-corrected chi connectivity index (χ3v) is 5.76. The number of rotatable bonds is 9. The van der Waals surface area contributed by atoms with E-state index in [-0.39, 0.29) is 29.8 Å². The number of fused-ring (bicyclic) bond motifs is 1. The summed E-state index contributed by atoms with van der Waals surface area (Å²) in [4.78, 5) is 30.0. The number of aromatic nitrogens is 1. The Balaban J connectivity index is 1.63. The zero-order chi connectivity index (χ0) is 27.2. The van der Waals surface area contributed by atoms with Gasteiger partial charge in [-0.05, 0) is 55.7 Å². The van der Waals surface area contributed by atoms with Crippen LogP contribution in [0, 0.1) is 0 Å². The van der Waals surface area contributed by atoms with Gasteiger partial charge in [-0.3, -0.25) is 9.78 Å². The smallest absolute Gasteiger partial charge is 0.420 e. The predicted molar refractivity (Wildman–Crippen MR) is 136 cm³/mol. The molecular weight excluding hydrogens is 511 g/mol. The molecule has 3 aromatic rings. The number of ether oxygens (including phenoxy) is 1. The van der Waals surface area contributed by atoms with E-state index in [2.05, 4.69) is 20.9 Å². The van der Waals surface area contributed by atoms with Crippen molar-refractivity contribution >= 4 is 40.0 Å². The number of hydrogen-bond donors (Lipinski definition) is 3. The van der Waals surface area contributed by atoms with Crippen LogP contribution < -0.4 is 20.7 Å². The Morgan fingerprint density at radius 3 is 2.54 bits per heavy atom.